The fraction of sp³-hybridized carbons (Fsp3) is 0.500. The van der Waals surface area contributed by atoms with E-state index < -0.39 is 0 Å². The average Bonchev–Trinajstić information content (AvgIpc) is 2.35. The van der Waals surface area contributed by atoms with Crippen molar-refractivity contribution in [1.29, 1.82) is 0 Å². The minimum absolute atomic E-state index is 0.0791. The lowest BCUT2D eigenvalue weighted by atomic mass is 9.97. The second-order valence-corrected chi connectivity index (χ2v) is 4.47. The zero-order valence-electron chi connectivity index (χ0n) is 11.1. The number of carbonyl (C=O) groups excluding carboxylic acids is 1. The monoisotopic (exact) mass is 250 g/mol. The number of hydrogen-bond donors (Lipinski definition) is 2. The lowest BCUT2D eigenvalue weighted by Crippen LogP contribution is -2.26. The Hall–Kier alpha value is -1.55. The molecule has 4 heteroatoms. The molecule has 1 amide bonds. The van der Waals surface area contributed by atoms with Crippen LogP contribution >= 0.6 is 0 Å². The molecule has 1 atom stereocenters. The quantitative estimate of drug-likeness (QED) is 0.574. The fourth-order valence-corrected chi connectivity index (χ4v) is 1.74. The van der Waals surface area contributed by atoms with Gasteiger partial charge < -0.3 is 15.8 Å². The van der Waals surface area contributed by atoms with Gasteiger partial charge in [0.1, 0.15) is 0 Å². The van der Waals surface area contributed by atoms with Crippen molar-refractivity contribution < 1.29 is 9.53 Å². The Morgan fingerprint density at radius 3 is 2.67 bits per heavy atom. The normalized spacial score (nSPS) is 12.1. The van der Waals surface area contributed by atoms with Gasteiger partial charge >= 0.3 is 0 Å². The van der Waals surface area contributed by atoms with E-state index in [4.69, 9.17) is 10.5 Å². The molecular formula is C14H22N2O2. The highest BCUT2D eigenvalue weighted by atomic mass is 16.5. The standard InChI is InChI=1S/C14H22N2O2/c1-11(12-4-6-13(15)7-5-12)10-14(17)16-8-3-9-18-2/h4-7,11H,3,8-10,15H2,1-2H3,(H,16,17). The van der Waals surface area contributed by atoms with Crippen LogP contribution in [0.2, 0.25) is 0 Å². The number of ether oxygens (including phenoxy) is 1. The Morgan fingerprint density at radius 2 is 2.06 bits per heavy atom. The molecule has 1 aromatic rings. The Bertz CT molecular complexity index is 363. The maximum atomic E-state index is 11.7. The van der Waals surface area contributed by atoms with Crippen LogP contribution in [0.5, 0.6) is 0 Å². The van der Waals surface area contributed by atoms with Crippen molar-refractivity contribution in [2.24, 2.45) is 0 Å². The van der Waals surface area contributed by atoms with Gasteiger partial charge in [-0.2, -0.15) is 0 Å². The highest BCUT2D eigenvalue weighted by Gasteiger charge is 2.10. The second-order valence-electron chi connectivity index (χ2n) is 4.47. The van der Waals surface area contributed by atoms with Gasteiger partial charge in [0.15, 0.2) is 0 Å². The topological polar surface area (TPSA) is 64.3 Å². The Morgan fingerprint density at radius 1 is 1.39 bits per heavy atom. The van der Waals surface area contributed by atoms with E-state index in [9.17, 15) is 4.79 Å². The molecular weight excluding hydrogens is 228 g/mol. The van der Waals surface area contributed by atoms with E-state index in [1.807, 2.05) is 31.2 Å². The third kappa shape index (κ3) is 5.19. The predicted octanol–water partition coefficient (Wildman–Crippen LogP) is 1.92. The largest absolute Gasteiger partial charge is 0.399 e. The first-order valence-electron chi connectivity index (χ1n) is 6.24. The maximum absolute atomic E-state index is 11.7. The van der Waals surface area contributed by atoms with Gasteiger partial charge in [-0.15, -0.1) is 0 Å². The molecule has 0 aliphatic carbocycles. The van der Waals surface area contributed by atoms with Crippen molar-refractivity contribution in [1.82, 2.24) is 5.32 Å². The van der Waals surface area contributed by atoms with Gasteiger partial charge in [0, 0.05) is 32.4 Å². The summed E-state index contributed by atoms with van der Waals surface area (Å²) in [4.78, 5) is 11.7. The van der Waals surface area contributed by atoms with Crippen molar-refractivity contribution >= 4 is 11.6 Å². The summed E-state index contributed by atoms with van der Waals surface area (Å²) in [6.07, 6.45) is 1.34. The highest BCUT2D eigenvalue weighted by molar-refractivity contribution is 5.76. The van der Waals surface area contributed by atoms with Gasteiger partial charge in [-0.25, -0.2) is 0 Å². The van der Waals surface area contributed by atoms with Crippen molar-refractivity contribution in [2.75, 3.05) is 26.0 Å². The summed E-state index contributed by atoms with van der Waals surface area (Å²) in [6.45, 7) is 3.38. The zero-order chi connectivity index (χ0) is 13.4. The molecule has 0 aromatic heterocycles. The molecule has 1 aromatic carbocycles. The van der Waals surface area contributed by atoms with E-state index in [0.29, 0.717) is 19.6 Å². The summed E-state index contributed by atoms with van der Waals surface area (Å²) < 4.78 is 4.92. The zero-order valence-corrected chi connectivity index (χ0v) is 11.1. The number of benzene rings is 1. The predicted molar refractivity (Wildman–Crippen MR) is 73.4 cm³/mol. The Balaban J connectivity index is 2.33. The van der Waals surface area contributed by atoms with E-state index in [2.05, 4.69) is 5.32 Å². The number of carbonyl (C=O) groups is 1. The fourth-order valence-electron chi connectivity index (χ4n) is 1.74. The van der Waals surface area contributed by atoms with Crippen LogP contribution in [0, 0.1) is 0 Å². The van der Waals surface area contributed by atoms with E-state index >= 15 is 0 Å². The molecule has 0 bridgehead atoms. The lowest BCUT2D eigenvalue weighted by molar-refractivity contribution is -0.121. The molecule has 1 rings (SSSR count). The smallest absolute Gasteiger partial charge is 0.220 e. The number of nitrogen functional groups attached to an aromatic ring is 1. The van der Waals surface area contributed by atoms with Crippen LogP contribution in [0.15, 0.2) is 24.3 Å². The van der Waals surface area contributed by atoms with Crippen LogP contribution in [0.3, 0.4) is 0 Å². The molecule has 18 heavy (non-hydrogen) atoms. The number of amides is 1. The van der Waals surface area contributed by atoms with Gasteiger partial charge in [0.2, 0.25) is 5.91 Å². The summed E-state index contributed by atoms with van der Waals surface area (Å²) >= 11 is 0. The molecule has 0 saturated carbocycles. The van der Waals surface area contributed by atoms with E-state index in [1.54, 1.807) is 7.11 Å². The summed E-state index contributed by atoms with van der Waals surface area (Å²) in [5.74, 6) is 0.281. The molecule has 0 radical (unpaired) electrons. The molecule has 0 fully saturated rings. The van der Waals surface area contributed by atoms with Crippen LogP contribution in [0.4, 0.5) is 5.69 Å². The summed E-state index contributed by atoms with van der Waals surface area (Å²) in [6, 6.07) is 7.67. The molecule has 1 unspecified atom stereocenters. The summed E-state index contributed by atoms with van der Waals surface area (Å²) in [5, 5.41) is 2.89. The molecule has 0 heterocycles. The number of anilines is 1. The molecule has 100 valence electrons. The summed E-state index contributed by atoms with van der Waals surface area (Å²) in [5.41, 5.74) is 7.51. The first-order chi connectivity index (χ1) is 8.63. The first-order valence-corrected chi connectivity index (χ1v) is 6.24. The number of nitrogens with one attached hydrogen (secondary N) is 1. The molecule has 4 nitrogen and oxygen atoms in total. The van der Waals surface area contributed by atoms with Crippen LogP contribution in [0.1, 0.15) is 31.2 Å². The Labute approximate surface area is 109 Å². The van der Waals surface area contributed by atoms with Crippen LogP contribution in [0.25, 0.3) is 0 Å². The van der Waals surface area contributed by atoms with Gasteiger partial charge in [0.05, 0.1) is 0 Å². The van der Waals surface area contributed by atoms with Crippen molar-refractivity contribution in [2.45, 2.75) is 25.7 Å². The Kier molecular flexibility index (Phi) is 6.22. The highest BCUT2D eigenvalue weighted by Crippen LogP contribution is 2.19. The third-order valence-electron chi connectivity index (χ3n) is 2.84. The van der Waals surface area contributed by atoms with Crippen LogP contribution in [-0.4, -0.2) is 26.2 Å². The number of hydrogen-bond acceptors (Lipinski definition) is 3. The number of rotatable bonds is 7. The third-order valence-corrected chi connectivity index (χ3v) is 2.84. The number of methoxy groups -OCH3 is 1. The average molecular weight is 250 g/mol. The van der Waals surface area contributed by atoms with Gasteiger partial charge in [-0.05, 0) is 30.0 Å². The lowest BCUT2D eigenvalue weighted by Gasteiger charge is -2.12. The molecule has 3 N–H and O–H groups in total. The van der Waals surface area contributed by atoms with Crippen LogP contribution < -0.4 is 11.1 Å². The minimum Gasteiger partial charge on any atom is -0.399 e. The minimum atomic E-state index is 0.0791. The molecule has 0 spiro atoms. The van der Waals surface area contributed by atoms with E-state index in [-0.39, 0.29) is 11.8 Å². The first kappa shape index (κ1) is 14.5. The van der Waals surface area contributed by atoms with Gasteiger partial charge in [0.25, 0.3) is 0 Å². The SMILES string of the molecule is COCCCNC(=O)CC(C)c1ccc(N)cc1. The maximum Gasteiger partial charge on any atom is 0.220 e. The van der Waals surface area contributed by atoms with Crippen LogP contribution in [-0.2, 0) is 9.53 Å². The summed E-state index contributed by atoms with van der Waals surface area (Å²) in [7, 11) is 1.66. The van der Waals surface area contributed by atoms with E-state index in [0.717, 1.165) is 17.7 Å². The van der Waals surface area contributed by atoms with Crippen molar-refractivity contribution in [3.8, 4) is 0 Å². The van der Waals surface area contributed by atoms with Gasteiger partial charge in [-0.1, -0.05) is 19.1 Å². The molecule has 0 saturated heterocycles. The van der Waals surface area contributed by atoms with Crippen molar-refractivity contribution in [3.63, 3.8) is 0 Å². The van der Waals surface area contributed by atoms with E-state index in [1.165, 1.54) is 0 Å². The molecule has 0 aliphatic rings. The second kappa shape index (κ2) is 7.71. The number of nitrogens with two attached hydrogens (primary N) is 1. The van der Waals surface area contributed by atoms with Gasteiger partial charge in [-0.3, -0.25) is 4.79 Å². The van der Waals surface area contributed by atoms with Crippen molar-refractivity contribution in [3.05, 3.63) is 29.8 Å². The molecule has 0 aliphatic heterocycles.